The summed E-state index contributed by atoms with van der Waals surface area (Å²) in [6.45, 7) is 5.17. The fraction of sp³-hybridized carbons (Fsp3) is 0.542. The van der Waals surface area contributed by atoms with Crippen LogP contribution in [0, 0.1) is 11.8 Å². The van der Waals surface area contributed by atoms with Gasteiger partial charge in [-0.1, -0.05) is 49.6 Å². The van der Waals surface area contributed by atoms with Gasteiger partial charge in [0.15, 0.2) is 0 Å². The molecule has 0 radical (unpaired) electrons. The first-order valence-corrected chi connectivity index (χ1v) is 11.9. The summed E-state index contributed by atoms with van der Waals surface area (Å²) < 4.78 is 5.55. The van der Waals surface area contributed by atoms with E-state index in [9.17, 15) is 4.79 Å². The maximum atomic E-state index is 13.4. The number of nitrogens with zero attached hydrogens (tertiary/aromatic N) is 2. The normalized spacial score (nSPS) is 25.0. The molecule has 2 aromatic rings. The van der Waals surface area contributed by atoms with Gasteiger partial charge in [0.05, 0.1) is 23.1 Å². The summed E-state index contributed by atoms with van der Waals surface area (Å²) in [7, 11) is 0. The minimum Gasteiger partial charge on any atom is -0.378 e. The van der Waals surface area contributed by atoms with Crippen LogP contribution in [0.15, 0.2) is 36.4 Å². The van der Waals surface area contributed by atoms with E-state index in [4.69, 9.17) is 4.74 Å². The van der Waals surface area contributed by atoms with Crippen molar-refractivity contribution >= 4 is 22.2 Å². The number of rotatable bonds is 3. The third-order valence-electron chi connectivity index (χ3n) is 6.88. The number of carbonyl (C=O) groups is 1. The molecule has 2 atom stereocenters. The van der Waals surface area contributed by atoms with Crippen LogP contribution in [0.1, 0.15) is 41.8 Å². The Morgan fingerprint density at radius 1 is 0.966 bits per heavy atom. The molecule has 3 heterocycles. The standard InChI is InChI=1S/C24H30N2O2S/c27-23(26-11-10-18-6-4-5-9-20(18)17-26)22-16-21(19-7-2-1-3-8-19)24(29-22)25-12-14-28-15-13-25/h1-3,7-8,16,18,20H,4-6,9-15,17H2/t18-,20+/m1/s1. The van der Waals surface area contributed by atoms with Crippen LogP contribution in [0.2, 0.25) is 0 Å². The van der Waals surface area contributed by atoms with Crippen molar-refractivity contribution in [2.24, 2.45) is 11.8 Å². The number of anilines is 1. The highest BCUT2D eigenvalue weighted by Gasteiger charge is 2.34. The Balaban J connectivity index is 1.42. The average molecular weight is 411 g/mol. The Morgan fingerprint density at radius 3 is 2.52 bits per heavy atom. The molecule has 3 fully saturated rings. The van der Waals surface area contributed by atoms with Crippen LogP contribution < -0.4 is 4.90 Å². The van der Waals surface area contributed by atoms with Crippen molar-refractivity contribution in [1.82, 2.24) is 4.90 Å². The smallest absolute Gasteiger partial charge is 0.264 e. The molecule has 1 aromatic heterocycles. The topological polar surface area (TPSA) is 32.8 Å². The van der Waals surface area contributed by atoms with E-state index >= 15 is 0 Å². The molecule has 0 N–H and O–H groups in total. The van der Waals surface area contributed by atoms with Gasteiger partial charge in [-0.2, -0.15) is 0 Å². The Morgan fingerprint density at radius 2 is 1.72 bits per heavy atom. The number of benzene rings is 1. The number of ether oxygens (including phenoxy) is 1. The maximum Gasteiger partial charge on any atom is 0.264 e. The largest absolute Gasteiger partial charge is 0.378 e. The molecule has 1 amide bonds. The van der Waals surface area contributed by atoms with Crippen molar-refractivity contribution < 1.29 is 9.53 Å². The summed E-state index contributed by atoms with van der Waals surface area (Å²) in [5.74, 6) is 1.80. The summed E-state index contributed by atoms with van der Waals surface area (Å²) in [4.78, 5) is 18.9. The van der Waals surface area contributed by atoms with Crippen molar-refractivity contribution in [3.05, 3.63) is 41.3 Å². The number of thiophene rings is 1. The van der Waals surface area contributed by atoms with Crippen LogP contribution in [0.3, 0.4) is 0 Å². The molecule has 1 aromatic carbocycles. The van der Waals surface area contributed by atoms with E-state index in [1.165, 1.54) is 48.2 Å². The number of fused-ring (bicyclic) bond motifs is 1. The molecule has 0 bridgehead atoms. The Kier molecular flexibility index (Phi) is 5.60. The highest BCUT2D eigenvalue weighted by molar-refractivity contribution is 7.18. The second kappa shape index (κ2) is 8.49. The zero-order valence-electron chi connectivity index (χ0n) is 17.0. The predicted molar refractivity (Wildman–Crippen MR) is 119 cm³/mol. The lowest BCUT2D eigenvalue weighted by Gasteiger charge is -2.41. The molecule has 5 heteroatoms. The average Bonchev–Trinajstić information content (AvgIpc) is 3.25. The summed E-state index contributed by atoms with van der Waals surface area (Å²) in [6, 6.07) is 12.6. The third kappa shape index (κ3) is 3.95. The molecular weight excluding hydrogens is 380 g/mol. The van der Waals surface area contributed by atoms with Crippen LogP contribution in [0.25, 0.3) is 11.1 Å². The third-order valence-corrected chi connectivity index (χ3v) is 8.07. The van der Waals surface area contributed by atoms with E-state index in [-0.39, 0.29) is 5.91 Å². The Bertz CT molecular complexity index is 844. The molecule has 1 saturated carbocycles. The molecule has 154 valence electrons. The fourth-order valence-electron chi connectivity index (χ4n) is 5.25. The highest BCUT2D eigenvalue weighted by atomic mass is 32.1. The number of carbonyl (C=O) groups excluding carboxylic acids is 1. The van der Waals surface area contributed by atoms with E-state index in [2.05, 4.69) is 40.1 Å². The summed E-state index contributed by atoms with van der Waals surface area (Å²) >= 11 is 1.67. The van der Waals surface area contributed by atoms with Gasteiger partial charge < -0.3 is 14.5 Å². The van der Waals surface area contributed by atoms with Gasteiger partial charge in [0, 0.05) is 31.7 Å². The van der Waals surface area contributed by atoms with Crippen LogP contribution in [0.5, 0.6) is 0 Å². The number of amides is 1. The number of piperidine rings is 1. The van der Waals surface area contributed by atoms with E-state index in [0.717, 1.165) is 50.2 Å². The zero-order valence-corrected chi connectivity index (χ0v) is 17.8. The molecule has 4 nitrogen and oxygen atoms in total. The highest BCUT2D eigenvalue weighted by Crippen LogP contribution is 2.41. The monoisotopic (exact) mass is 410 g/mol. The van der Waals surface area contributed by atoms with Gasteiger partial charge in [0.25, 0.3) is 5.91 Å². The van der Waals surface area contributed by atoms with Crippen LogP contribution >= 0.6 is 11.3 Å². The second-order valence-electron chi connectivity index (χ2n) is 8.64. The SMILES string of the molecule is O=C(c1cc(-c2ccccc2)c(N2CCOCC2)s1)N1CC[C@H]2CCCC[C@H]2C1. The van der Waals surface area contributed by atoms with Gasteiger partial charge in [0.1, 0.15) is 0 Å². The minimum absolute atomic E-state index is 0.232. The number of morpholine rings is 1. The fourth-order valence-corrected chi connectivity index (χ4v) is 6.45. The molecule has 1 aliphatic carbocycles. The van der Waals surface area contributed by atoms with Gasteiger partial charge in [-0.15, -0.1) is 11.3 Å². The molecule has 2 aliphatic heterocycles. The van der Waals surface area contributed by atoms with Gasteiger partial charge in [0.2, 0.25) is 0 Å². The summed E-state index contributed by atoms with van der Waals surface area (Å²) in [5.41, 5.74) is 2.38. The lowest BCUT2D eigenvalue weighted by Crippen LogP contribution is -2.44. The molecule has 0 spiro atoms. The van der Waals surface area contributed by atoms with Crippen molar-refractivity contribution in [2.75, 3.05) is 44.3 Å². The maximum absolute atomic E-state index is 13.4. The van der Waals surface area contributed by atoms with Crippen molar-refractivity contribution in [3.8, 4) is 11.1 Å². The molecule has 5 rings (SSSR count). The predicted octanol–water partition coefficient (Wildman–Crippen LogP) is 4.90. The van der Waals surface area contributed by atoms with Crippen LogP contribution in [-0.2, 0) is 4.74 Å². The van der Waals surface area contributed by atoms with Crippen LogP contribution in [0.4, 0.5) is 5.00 Å². The lowest BCUT2D eigenvalue weighted by atomic mass is 9.75. The van der Waals surface area contributed by atoms with E-state index < -0.39 is 0 Å². The summed E-state index contributed by atoms with van der Waals surface area (Å²) in [6.07, 6.45) is 6.56. The molecule has 2 saturated heterocycles. The molecule has 29 heavy (non-hydrogen) atoms. The lowest BCUT2D eigenvalue weighted by molar-refractivity contribution is 0.0525. The Hall–Kier alpha value is -1.85. The van der Waals surface area contributed by atoms with Gasteiger partial charge >= 0.3 is 0 Å². The molecule has 0 unspecified atom stereocenters. The molecule has 3 aliphatic rings. The van der Waals surface area contributed by atoms with Crippen molar-refractivity contribution in [1.29, 1.82) is 0 Å². The quantitative estimate of drug-likeness (QED) is 0.721. The van der Waals surface area contributed by atoms with E-state index in [1.54, 1.807) is 11.3 Å². The first kappa shape index (κ1) is 19.1. The van der Waals surface area contributed by atoms with E-state index in [1.807, 2.05) is 6.07 Å². The second-order valence-corrected chi connectivity index (χ2v) is 9.67. The zero-order chi connectivity index (χ0) is 19.6. The Labute approximate surface area is 177 Å². The van der Waals surface area contributed by atoms with E-state index in [0.29, 0.717) is 5.92 Å². The van der Waals surface area contributed by atoms with Gasteiger partial charge in [-0.3, -0.25) is 4.79 Å². The number of likely N-dealkylation sites (tertiary alicyclic amines) is 1. The van der Waals surface area contributed by atoms with Gasteiger partial charge in [-0.25, -0.2) is 0 Å². The first-order chi connectivity index (χ1) is 14.3. The van der Waals surface area contributed by atoms with Gasteiger partial charge in [-0.05, 0) is 36.3 Å². The first-order valence-electron chi connectivity index (χ1n) is 11.1. The van der Waals surface area contributed by atoms with Crippen molar-refractivity contribution in [3.63, 3.8) is 0 Å². The summed E-state index contributed by atoms with van der Waals surface area (Å²) in [5, 5.41) is 1.22. The number of hydrogen-bond donors (Lipinski definition) is 0. The minimum atomic E-state index is 0.232. The molecular formula is C24H30N2O2S. The van der Waals surface area contributed by atoms with Crippen LogP contribution in [-0.4, -0.2) is 50.2 Å². The number of hydrogen-bond acceptors (Lipinski definition) is 4. The van der Waals surface area contributed by atoms with Crippen molar-refractivity contribution in [2.45, 2.75) is 32.1 Å².